The zero-order valence-electron chi connectivity index (χ0n) is 55.6. The number of carbonyl (C=O) groups excluding carboxylic acids is 4. The van der Waals surface area contributed by atoms with Gasteiger partial charge in [-0.15, -0.1) is 0 Å². The van der Waals surface area contributed by atoms with Crippen molar-refractivity contribution in [2.24, 2.45) is 23.5 Å². The van der Waals surface area contributed by atoms with Gasteiger partial charge < -0.3 is 72.3 Å². The maximum atomic E-state index is 11.8. The molecule has 95 heavy (non-hydrogen) atoms. The van der Waals surface area contributed by atoms with Gasteiger partial charge in [-0.1, -0.05) is 12.8 Å². The second-order valence-corrected chi connectivity index (χ2v) is 29.3. The summed E-state index contributed by atoms with van der Waals surface area (Å²) in [5.41, 5.74) is 18.9. The summed E-state index contributed by atoms with van der Waals surface area (Å²) in [5, 5.41) is 31.9. The topological polar surface area (TPSA) is 326 Å². The highest BCUT2D eigenvalue weighted by molar-refractivity contribution is 9.10. The van der Waals surface area contributed by atoms with E-state index in [-0.39, 0.29) is 35.1 Å². The number of nitrogen functional groups attached to an aromatic ring is 1. The average molecular weight is 1410 g/mol. The van der Waals surface area contributed by atoms with Gasteiger partial charge in [0, 0.05) is 118 Å². The molecule has 514 valence electrons. The van der Waals surface area contributed by atoms with E-state index in [9.17, 15) is 19.2 Å². The number of halogens is 3. The Morgan fingerprint density at radius 1 is 0.611 bits per heavy atom. The summed E-state index contributed by atoms with van der Waals surface area (Å²) in [6, 6.07) is 11.6. The van der Waals surface area contributed by atoms with Crippen LogP contribution >= 0.6 is 39.1 Å². The third kappa shape index (κ3) is 23.2. The molecule has 2 aromatic carbocycles. The van der Waals surface area contributed by atoms with Crippen LogP contribution in [-0.2, 0) is 31.9 Å². The molecule has 5 aliphatic heterocycles. The normalized spacial score (nSPS) is 18.2. The van der Waals surface area contributed by atoms with Crippen molar-refractivity contribution in [1.29, 1.82) is 0 Å². The predicted molar refractivity (Wildman–Crippen MR) is 378 cm³/mol. The Morgan fingerprint density at radius 3 is 1.52 bits per heavy atom. The Balaban J connectivity index is 0.000000149. The van der Waals surface area contributed by atoms with Gasteiger partial charge >= 0.3 is 19.3 Å². The van der Waals surface area contributed by atoms with E-state index < -0.39 is 18.3 Å². The Labute approximate surface area is 576 Å². The Bertz CT molecular complexity index is 3420. The third-order valence-corrected chi connectivity index (χ3v) is 18.5. The number of alkyl carbamates (subject to hydrolysis) is 2. The van der Waals surface area contributed by atoms with Crippen molar-refractivity contribution in [2.75, 3.05) is 95.3 Å². The monoisotopic (exact) mass is 1410 g/mol. The first kappa shape index (κ1) is 72.4. The van der Waals surface area contributed by atoms with Crippen molar-refractivity contribution in [3.05, 3.63) is 92.3 Å². The molecule has 5 aromatic rings. The third-order valence-electron chi connectivity index (χ3n) is 17.6. The molecule has 0 unspecified atom stereocenters. The van der Waals surface area contributed by atoms with Crippen LogP contribution in [0.4, 0.5) is 55.7 Å². The predicted octanol–water partition coefficient (Wildman–Crippen LogP) is 11.3. The van der Waals surface area contributed by atoms with E-state index in [0.29, 0.717) is 66.8 Å². The number of hydrogen-bond acceptors (Lipinski definition) is 20. The fourth-order valence-electron chi connectivity index (χ4n) is 11.8. The van der Waals surface area contributed by atoms with Crippen LogP contribution in [0.1, 0.15) is 166 Å². The van der Waals surface area contributed by atoms with E-state index in [2.05, 4.69) is 88.2 Å². The number of aromatic nitrogens is 6. The molecule has 8 heterocycles. The van der Waals surface area contributed by atoms with Gasteiger partial charge in [0.05, 0.1) is 4.47 Å². The summed E-state index contributed by atoms with van der Waals surface area (Å²) in [7, 11) is -1.04. The minimum absolute atomic E-state index is 0.0836. The highest BCUT2D eigenvalue weighted by Crippen LogP contribution is 2.46. The number of carbonyl (C=O) groups is 4. The SMILES string of the molecule is CC(C)(C)OC(=O)NCC1CCN(c2nc(Cl)ncc2Br)CC1.CC(C)(C)OC(=O)NCC1CCN(c2nc(Cl)ncc2C2CC2)CC1.NCC1CCN(c2nc(Nc3ccc4c(c3)CCC(=O)N4)ncc2C2CC2)CC1.Nc1ccc2c(c1)CCC(=O)N2.OB(O)C1CC1. The van der Waals surface area contributed by atoms with Gasteiger partial charge in [0.1, 0.15) is 28.7 Å². The number of anilines is 8. The minimum atomic E-state index is -1.04. The summed E-state index contributed by atoms with van der Waals surface area (Å²) in [6.07, 6.45) is 20.7. The van der Waals surface area contributed by atoms with Crippen molar-refractivity contribution in [1.82, 2.24) is 40.5 Å². The van der Waals surface area contributed by atoms with Gasteiger partial charge in [-0.05, 0) is 247 Å². The molecule has 24 nitrogen and oxygen atoms in total. The lowest BCUT2D eigenvalue weighted by atomic mass is 9.84. The first-order chi connectivity index (χ1) is 45.3. The zero-order valence-corrected chi connectivity index (χ0v) is 58.7. The smallest absolute Gasteiger partial charge is 0.444 e. The molecule has 4 amide bonds. The first-order valence-corrected chi connectivity index (χ1v) is 35.1. The summed E-state index contributed by atoms with van der Waals surface area (Å²) in [6.45, 7) is 18.9. The number of nitrogens with two attached hydrogens (primary N) is 2. The fraction of sp³-hybridized carbons (Fsp3) is 0.582. The van der Waals surface area contributed by atoms with E-state index in [1.54, 1.807) is 12.3 Å². The fourth-order valence-corrected chi connectivity index (χ4v) is 12.5. The van der Waals surface area contributed by atoms with Gasteiger partial charge in [0.2, 0.25) is 28.3 Å². The number of hydrogen-bond donors (Lipinski definition) is 9. The second-order valence-electron chi connectivity index (χ2n) is 27.8. The van der Waals surface area contributed by atoms with Crippen LogP contribution in [0.2, 0.25) is 16.4 Å². The number of piperidine rings is 3. The summed E-state index contributed by atoms with van der Waals surface area (Å²) in [5.74, 6) is 6.67. The molecule has 0 bridgehead atoms. The molecule has 8 aliphatic rings. The maximum absolute atomic E-state index is 11.8. The van der Waals surface area contributed by atoms with Crippen molar-refractivity contribution in [3.8, 4) is 0 Å². The Kier molecular flexibility index (Phi) is 25.5. The van der Waals surface area contributed by atoms with Crippen LogP contribution in [0.3, 0.4) is 0 Å². The Morgan fingerprint density at radius 2 is 1.05 bits per heavy atom. The van der Waals surface area contributed by atoms with E-state index in [0.717, 1.165) is 166 Å². The van der Waals surface area contributed by atoms with Crippen LogP contribution in [0.25, 0.3) is 0 Å². The highest BCUT2D eigenvalue weighted by atomic mass is 79.9. The van der Waals surface area contributed by atoms with E-state index >= 15 is 0 Å². The summed E-state index contributed by atoms with van der Waals surface area (Å²) < 4.78 is 11.4. The molecule has 3 saturated carbocycles. The zero-order chi connectivity index (χ0) is 68.0. The van der Waals surface area contributed by atoms with Crippen LogP contribution in [-0.4, -0.2) is 141 Å². The number of fused-ring (bicyclic) bond motifs is 2. The molecular formula is C67H94BBrCl2N16O8. The highest BCUT2D eigenvalue weighted by Gasteiger charge is 2.35. The van der Waals surface area contributed by atoms with Gasteiger partial charge in [-0.25, -0.2) is 29.5 Å². The van der Waals surface area contributed by atoms with Crippen molar-refractivity contribution >= 4 is 116 Å². The number of aryl methyl sites for hydroxylation is 2. The number of rotatable bonds is 13. The lowest BCUT2D eigenvalue weighted by Crippen LogP contribution is -2.40. The summed E-state index contributed by atoms with van der Waals surface area (Å²) >= 11 is 15.3. The lowest BCUT2D eigenvalue weighted by Gasteiger charge is -2.34. The number of ether oxygens (including phenoxy) is 2. The molecule has 6 fully saturated rings. The first-order valence-electron chi connectivity index (χ1n) is 33.5. The largest absolute Gasteiger partial charge is 0.454 e. The van der Waals surface area contributed by atoms with Crippen molar-refractivity contribution in [2.45, 2.75) is 173 Å². The van der Waals surface area contributed by atoms with Gasteiger partial charge in [-0.3, -0.25) is 9.59 Å². The molecule has 28 heteroatoms. The minimum Gasteiger partial charge on any atom is -0.444 e. The van der Waals surface area contributed by atoms with Crippen molar-refractivity contribution < 1.29 is 38.7 Å². The molecule has 3 aromatic heterocycles. The van der Waals surface area contributed by atoms with Gasteiger partial charge in [0.15, 0.2) is 0 Å². The molecule has 3 saturated heterocycles. The Hall–Kier alpha value is -6.84. The number of benzene rings is 2. The lowest BCUT2D eigenvalue weighted by molar-refractivity contribution is -0.117. The number of nitrogens with one attached hydrogen (secondary N) is 5. The number of nitrogens with zero attached hydrogens (tertiary/aromatic N) is 9. The van der Waals surface area contributed by atoms with E-state index in [1.165, 1.54) is 36.8 Å². The maximum Gasteiger partial charge on any atom is 0.454 e. The molecule has 0 atom stereocenters. The van der Waals surface area contributed by atoms with Crippen LogP contribution in [0, 0.1) is 17.8 Å². The quantitative estimate of drug-likeness (QED) is 0.0300. The summed E-state index contributed by atoms with van der Waals surface area (Å²) in [4.78, 5) is 79.3. The van der Waals surface area contributed by atoms with E-state index in [4.69, 9.17) is 59.2 Å². The van der Waals surface area contributed by atoms with Crippen molar-refractivity contribution in [3.63, 3.8) is 0 Å². The number of amides is 4. The molecule has 13 rings (SSSR count). The molecule has 0 spiro atoms. The van der Waals surface area contributed by atoms with E-state index in [1.807, 2.05) is 78.2 Å². The van der Waals surface area contributed by atoms with Crippen LogP contribution < -0.4 is 52.8 Å². The van der Waals surface area contributed by atoms with Crippen LogP contribution in [0.5, 0.6) is 0 Å². The van der Waals surface area contributed by atoms with Crippen LogP contribution in [0.15, 0.2) is 59.5 Å². The molecule has 11 N–H and O–H groups in total. The second kappa shape index (κ2) is 33.4. The molecule has 0 radical (unpaired) electrons. The standard InChI is InChI=1S/C22H28N6O.C18H27ClN4O2.C15H22BrClN4O2.C9H10N2O.C3H7BO2/c23-12-14-7-9-28(10-8-14)21-18(15-1-2-15)13-24-22(27-21)25-17-4-5-19-16(11-17)3-6-20(29)26-19;1-18(2,3)25-17(24)21-10-12-6-8-23(9-7-12)15-14(13-4-5-13)11-20-16(19)22-15;1-15(2,3)23-14(22)19-8-10-4-6-21(7-5-10)12-11(16)9-18-13(17)20-12;10-7-2-3-8-6(5-7)1-4-9(12)11-8;5-4(6)3-1-2-3/h4-5,11,13-15H,1-3,6-10,12,23H2,(H,26,29)(H,24,25,27);11-13H,4-10H2,1-3H3,(H,21,24);9-10H,4-8H2,1-3H3,(H,19,22);2-3,5H,1,4,10H2,(H,11,12);3,5-6H,1-2H2. The molecular weight excluding hydrogens is 1320 g/mol. The molecule has 3 aliphatic carbocycles. The average Bonchev–Trinajstić information content (AvgIpc) is 1.72. The van der Waals surface area contributed by atoms with Gasteiger partial charge in [-0.2, -0.15) is 9.97 Å². The van der Waals surface area contributed by atoms with Gasteiger partial charge in [0.25, 0.3) is 0 Å².